The molecule has 1 rings (SSSR count). The first-order valence-corrected chi connectivity index (χ1v) is 6.38. The Hall–Kier alpha value is -0.0200. The van der Waals surface area contributed by atoms with Crippen molar-refractivity contribution in [1.29, 1.82) is 0 Å². The predicted molar refractivity (Wildman–Crippen MR) is 64.3 cm³/mol. The van der Waals surface area contributed by atoms with Gasteiger partial charge >= 0.3 is 0 Å². The lowest BCUT2D eigenvalue weighted by molar-refractivity contribution is 0.670. The summed E-state index contributed by atoms with van der Waals surface area (Å²) < 4.78 is 1.08. The van der Waals surface area contributed by atoms with E-state index in [1.807, 2.05) is 0 Å². The Labute approximate surface area is 92.5 Å². The molecular formula is C10H16BrNS. The second-order valence-electron chi connectivity index (χ2n) is 3.25. The van der Waals surface area contributed by atoms with E-state index in [4.69, 9.17) is 5.73 Å². The van der Waals surface area contributed by atoms with Crippen LogP contribution in [0.2, 0.25) is 0 Å². The molecule has 0 aromatic carbocycles. The molecule has 1 nitrogen and oxygen atoms in total. The van der Waals surface area contributed by atoms with Crippen LogP contribution in [0, 0.1) is 0 Å². The van der Waals surface area contributed by atoms with Crippen LogP contribution in [0.15, 0.2) is 9.85 Å². The molecule has 0 bridgehead atoms. The van der Waals surface area contributed by atoms with Crippen LogP contribution in [-0.4, -0.2) is 0 Å². The minimum atomic E-state index is 0.885. The van der Waals surface area contributed by atoms with E-state index in [0.29, 0.717) is 0 Å². The average Bonchev–Trinajstić information content (AvgIpc) is 2.41. The standard InChI is InChI=1S/C10H16BrNS/c1-2-3-4-5-6-8-7-9(12)10(11)13-8/h7H,2-6,12H2,1H3. The summed E-state index contributed by atoms with van der Waals surface area (Å²) in [6.07, 6.45) is 6.46. The summed E-state index contributed by atoms with van der Waals surface area (Å²) in [6.45, 7) is 2.24. The van der Waals surface area contributed by atoms with Crippen LogP contribution in [-0.2, 0) is 6.42 Å². The quantitative estimate of drug-likeness (QED) is 0.790. The van der Waals surface area contributed by atoms with Crippen molar-refractivity contribution in [1.82, 2.24) is 0 Å². The highest BCUT2D eigenvalue weighted by molar-refractivity contribution is 9.11. The maximum Gasteiger partial charge on any atom is 0.0930 e. The summed E-state index contributed by atoms with van der Waals surface area (Å²) in [5.41, 5.74) is 6.62. The molecule has 0 aliphatic rings. The highest BCUT2D eigenvalue weighted by Gasteiger charge is 2.02. The molecule has 2 N–H and O–H groups in total. The number of hydrogen-bond donors (Lipinski definition) is 1. The minimum Gasteiger partial charge on any atom is -0.397 e. The second kappa shape index (κ2) is 5.66. The van der Waals surface area contributed by atoms with E-state index >= 15 is 0 Å². The molecular weight excluding hydrogens is 246 g/mol. The van der Waals surface area contributed by atoms with Crippen molar-refractivity contribution >= 4 is 33.0 Å². The van der Waals surface area contributed by atoms with Crippen molar-refractivity contribution < 1.29 is 0 Å². The van der Waals surface area contributed by atoms with Crippen molar-refractivity contribution in [3.05, 3.63) is 14.7 Å². The second-order valence-corrected chi connectivity index (χ2v) is 5.71. The fraction of sp³-hybridized carbons (Fsp3) is 0.600. The zero-order valence-electron chi connectivity index (χ0n) is 7.98. The number of aryl methyl sites for hydroxylation is 1. The molecule has 0 fully saturated rings. The monoisotopic (exact) mass is 261 g/mol. The van der Waals surface area contributed by atoms with Gasteiger partial charge in [-0.15, -0.1) is 11.3 Å². The van der Waals surface area contributed by atoms with Crippen LogP contribution in [0.25, 0.3) is 0 Å². The van der Waals surface area contributed by atoms with E-state index in [1.54, 1.807) is 11.3 Å². The van der Waals surface area contributed by atoms with Crippen molar-refractivity contribution in [3.63, 3.8) is 0 Å². The SMILES string of the molecule is CCCCCCc1cc(N)c(Br)s1. The van der Waals surface area contributed by atoms with Gasteiger partial charge in [-0.2, -0.15) is 0 Å². The molecule has 0 aliphatic heterocycles. The first kappa shape index (κ1) is 11.1. The molecule has 0 spiro atoms. The van der Waals surface area contributed by atoms with Gasteiger partial charge in [-0.25, -0.2) is 0 Å². The largest absolute Gasteiger partial charge is 0.397 e. The molecule has 0 unspecified atom stereocenters. The van der Waals surface area contributed by atoms with Crippen molar-refractivity contribution in [2.75, 3.05) is 5.73 Å². The van der Waals surface area contributed by atoms with Gasteiger partial charge in [0, 0.05) is 4.88 Å². The molecule has 1 heterocycles. The van der Waals surface area contributed by atoms with Crippen LogP contribution >= 0.6 is 27.3 Å². The van der Waals surface area contributed by atoms with Gasteiger partial charge in [0.2, 0.25) is 0 Å². The van der Waals surface area contributed by atoms with Crippen LogP contribution in [0.3, 0.4) is 0 Å². The highest BCUT2D eigenvalue weighted by Crippen LogP contribution is 2.30. The lowest BCUT2D eigenvalue weighted by atomic mass is 10.1. The van der Waals surface area contributed by atoms with Crippen LogP contribution < -0.4 is 5.73 Å². The van der Waals surface area contributed by atoms with Crippen molar-refractivity contribution in [2.24, 2.45) is 0 Å². The fourth-order valence-electron chi connectivity index (χ4n) is 1.28. The summed E-state index contributed by atoms with van der Waals surface area (Å²) in [4.78, 5) is 1.40. The van der Waals surface area contributed by atoms with Gasteiger partial charge in [0.25, 0.3) is 0 Å². The number of hydrogen-bond acceptors (Lipinski definition) is 2. The highest BCUT2D eigenvalue weighted by atomic mass is 79.9. The number of nitrogen functional groups attached to an aromatic ring is 1. The van der Waals surface area contributed by atoms with E-state index in [-0.39, 0.29) is 0 Å². The van der Waals surface area contributed by atoms with E-state index in [2.05, 4.69) is 28.9 Å². The maximum absolute atomic E-state index is 5.73. The van der Waals surface area contributed by atoms with Gasteiger partial charge in [-0.05, 0) is 34.8 Å². The molecule has 0 saturated heterocycles. The Morgan fingerprint density at radius 3 is 2.69 bits per heavy atom. The Kier molecular flexibility index (Phi) is 4.81. The molecule has 0 aliphatic carbocycles. The molecule has 13 heavy (non-hydrogen) atoms. The van der Waals surface area contributed by atoms with Gasteiger partial charge in [0.1, 0.15) is 0 Å². The van der Waals surface area contributed by atoms with Crippen LogP contribution in [0.5, 0.6) is 0 Å². The van der Waals surface area contributed by atoms with Crippen molar-refractivity contribution in [2.45, 2.75) is 39.0 Å². The summed E-state index contributed by atoms with van der Waals surface area (Å²) in [6, 6.07) is 2.08. The zero-order valence-corrected chi connectivity index (χ0v) is 10.4. The van der Waals surface area contributed by atoms with Gasteiger partial charge in [0.05, 0.1) is 9.47 Å². The number of halogens is 1. The van der Waals surface area contributed by atoms with Gasteiger partial charge in [-0.1, -0.05) is 26.2 Å². The number of thiophene rings is 1. The first-order chi connectivity index (χ1) is 6.24. The summed E-state index contributed by atoms with van der Waals surface area (Å²) in [5.74, 6) is 0. The Balaban J connectivity index is 2.29. The normalized spacial score (nSPS) is 10.6. The average molecular weight is 262 g/mol. The molecule has 0 atom stereocenters. The summed E-state index contributed by atoms with van der Waals surface area (Å²) in [5, 5.41) is 0. The third-order valence-electron chi connectivity index (χ3n) is 2.04. The zero-order chi connectivity index (χ0) is 9.68. The number of unbranched alkanes of at least 4 members (excludes halogenated alkanes) is 3. The lowest BCUT2D eigenvalue weighted by Gasteiger charge is -1.96. The third kappa shape index (κ3) is 3.69. The number of rotatable bonds is 5. The van der Waals surface area contributed by atoms with E-state index in [1.165, 1.54) is 37.0 Å². The van der Waals surface area contributed by atoms with Crippen LogP contribution in [0.4, 0.5) is 5.69 Å². The maximum atomic E-state index is 5.73. The van der Waals surface area contributed by atoms with E-state index in [9.17, 15) is 0 Å². The molecule has 0 radical (unpaired) electrons. The lowest BCUT2D eigenvalue weighted by Crippen LogP contribution is -1.82. The smallest absolute Gasteiger partial charge is 0.0930 e. The molecule has 3 heteroatoms. The number of nitrogens with two attached hydrogens (primary N) is 1. The van der Waals surface area contributed by atoms with Crippen molar-refractivity contribution in [3.8, 4) is 0 Å². The molecule has 0 amide bonds. The Bertz CT molecular complexity index is 238. The van der Waals surface area contributed by atoms with Crippen LogP contribution in [0.1, 0.15) is 37.5 Å². The molecule has 1 aromatic heterocycles. The molecule has 1 aromatic rings. The first-order valence-electron chi connectivity index (χ1n) is 4.77. The third-order valence-corrected chi connectivity index (χ3v) is 3.98. The van der Waals surface area contributed by atoms with E-state index in [0.717, 1.165) is 9.47 Å². The summed E-state index contributed by atoms with van der Waals surface area (Å²) >= 11 is 5.20. The fourth-order valence-corrected chi connectivity index (χ4v) is 2.86. The predicted octanol–water partition coefficient (Wildman–Crippen LogP) is 4.22. The minimum absolute atomic E-state index is 0.885. The van der Waals surface area contributed by atoms with E-state index < -0.39 is 0 Å². The van der Waals surface area contributed by atoms with Gasteiger partial charge < -0.3 is 5.73 Å². The Morgan fingerprint density at radius 2 is 2.15 bits per heavy atom. The molecule has 74 valence electrons. The Morgan fingerprint density at radius 1 is 1.38 bits per heavy atom. The summed E-state index contributed by atoms with van der Waals surface area (Å²) in [7, 11) is 0. The topological polar surface area (TPSA) is 26.0 Å². The van der Waals surface area contributed by atoms with Gasteiger partial charge in [0.15, 0.2) is 0 Å². The van der Waals surface area contributed by atoms with Gasteiger partial charge in [-0.3, -0.25) is 0 Å². The molecule has 0 saturated carbocycles. The number of anilines is 1.